The van der Waals surface area contributed by atoms with Crippen molar-refractivity contribution in [1.82, 2.24) is 10.3 Å². The monoisotopic (exact) mass is 472 g/mol. The first kappa shape index (κ1) is 23.1. The predicted octanol–water partition coefficient (Wildman–Crippen LogP) is 4.18. The number of hydrogen-bond donors (Lipinski definition) is 1. The van der Waals surface area contributed by atoms with E-state index in [9.17, 15) is 9.59 Å². The maximum absolute atomic E-state index is 13.2. The molecule has 0 bridgehead atoms. The molecule has 0 radical (unpaired) electrons. The van der Waals surface area contributed by atoms with Gasteiger partial charge in [0.15, 0.2) is 6.61 Å². The third-order valence-corrected chi connectivity index (χ3v) is 6.49. The number of carbonyl (C=O) groups excluding carboxylic acids is 2. The zero-order valence-electron chi connectivity index (χ0n) is 19.7. The Balaban J connectivity index is 1.38. The standard InChI is InChI=1S/C28H28N2O5/c1-33-20-11-8-18(9-12-20)15-19-10-13-23-26(22-6-2-3-7-24(22)30-27(19)23)28(32)35-17-25(31)29-16-21-5-4-14-34-21/h2-3,6-9,11-12,15,21H,4-5,10,13-14,16-17H2,1H3,(H,29,31)/b19-15+. The molecule has 0 spiro atoms. The molecule has 3 aromatic rings. The van der Waals surface area contributed by atoms with Crippen LogP contribution in [0.15, 0.2) is 48.5 Å². The number of methoxy groups -OCH3 is 1. The number of esters is 1. The zero-order valence-corrected chi connectivity index (χ0v) is 19.7. The van der Waals surface area contributed by atoms with E-state index >= 15 is 0 Å². The van der Waals surface area contributed by atoms with Crippen molar-refractivity contribution in [3.63, 3.8) is 0 Å². The maximum atomic E-state index is 13.2. The van der Waals surface area contributed by atoms with Crippen molar-refractivity contribution < 1.29 is 23.8 Å². The Hall–Kier alpha value is -3.71. The highest BCUT2D eigenvalue weighted by atomic mass is 16.5. The van der Waals surface area contributed by atoms with Crippen molar-refractivity contribution in [2.45, 2.75) is 31.8 Å². The van der Waals surface area contributed by atoms with Crippen LogP contribution in [0.1, 0.15) is 46.4 Å². The normalized spacial score (nSPS) is 18.0. The van der Waals surface area contributed by atoms with E-state index in [1.807, 2.05) is 48.5 Å². The van der Waals surface area contributed by atoms with Gasteiger partial charge in [0.1, 0.15) is 5.75 Å². The van der Waals surface area contributed by atoms with Gasteiger partial charge in [-0.15, -0.1) is 0 Å². The van der Waals surface area contributed by atoms with Crippen molar-refractivity contribution in [2.24, 2.45) is 0 Å². The van der Waals surface area contributed by atoms with Crippen molar-refractivity contribution in [3.05, 3.63) is 70.9 Å². The molecule has 180 valence electrons. The lowest BCUT2D eigenvalue weighted by molar-refractivity contribution is -0.124. The summed E-state index contributed by atoms with van der Waals surface area (Å²) >= 11 is 0. The number of ether oxygens (including phenoxy) is 3. The molecule has 7 nitrogen and oxygen atoms in total. The fourth-order valence-electron chi connectivity index (χ4n) is 4.70. The van der Waals surface area contributed by atoms with Gasteiger partial charge in [-0.25, -0.2) is 9.78 Å². The fourth-order valence-corrected chi connectivity index (χ4v) is 4.70. The van der Waals surface area contributed by atoms with E-state index in [4.69, 9.17) is 19.2 Å². The first-order valence-electron chi connectivity index (χ1n) is 11.9. The Kier molecular flexibility index (Phi) is 6.77. The number of allylic oxidation sites excluding steroid dienone is 1. The number of carbonyl (C=O) groups is 2. The van der Waals surface area contributed by atoms with Gasteiger partial charge in [-0.3, -0.25) is 4.79 Å². The maximum Gasteiger partial charge on any atom is 0.339 e. The van der Waals surface area contributed by atoms with Gasteiger partial charge in [0, 0.05) is 18.5 Å². The van der Waals surface area contributed by atoms with Crippen LogP contribution in [0.2, 0.25) is 0 Å². The summed E-state index contributed by atoms with van der Waals surface area (Å²) in [5.74, 6) is -0.0327. The lowest BCUT2D eigenvalue weighted by Crippen LogP contribution is -2.34. The fraction of sp³-hybridized carbons (Fsp3) is 0.321. The minimum atomic E-state index is -0.502. The molecule has 2 heterocycles. The second-order valence-electron chi connectivity index (χ2n) is 8.79. The van der Waals surface area contributed by atoms with Crippen LogP contribution in [0.5, 0.6) is 5.75 Å². The van der Waals surface area contributed by atoms with E-state index < -0.39 is 5.97 Å². The highest BCUT2D eigenvalue weighted by Crippen LogP contribution is 2.38. The van der Waals surface area contributed by atoms with Gasteiger partial charge in [0.25, 0.3) is 5.91 Å². The SMILES string of the molecule is COc1ccc(/C=C2\CCc3c2nc2ccccc2c3C(=O)OCC(=O)NCC2CCCO2)cc1. The summed E-state index contributed by atoms with van der Waals surface area (Å²) < 4.78 is 16.2. The van der Waals surface area contributed by atoms with Crippen LogP contribution < -0.4 is 10.1 Å². The van der Waals surface area contributed by atoms with E-state index in [1.165, 1.54) is 0 Å². The van der Waals surface area contributed by atoms with E-state index in [2.05, 4.69) is 11.4 Å². The Morgan fingerprint density at radius 1 is 1.14 bits per heavy atom. The summed E-state index contributed by atoms with van der Waals surface area (Å²) in [6, 6.07) is 15.4. The van der Waals surface area contributed by atoms with Gasteiger partial charge >= 0.3 is 5.97 Å². The quantitative estimate of drug-likeness (QED) is 0.519. The molecule has 1 aliphatic heterocycles. The molecule has 1 saturated heterocycles. The number of fused-ring (bicyclic) bond motifs is 2. The highest BCUT2D eigenvalue weighted by molar-refractivity contribution is 6.07. The van der Waals surface area contributed by atoms with Gasteiger partial charge in [-0.1, -0.05) is 30.3 Å². The second-order valence-corrected chi connectivity index (χ2v) is 8.79. The van der Waals surface area contributed by atoms with Crippen LogP contribution >= 0.6 is 0 Å². The molecule has 1 fully saturated rings. The number of amides is 1. The van der Waals surface area contributed by atoms with E-state index in [-0.39, 0.29) is 18.6 Å². The number of nitrogens with one attached hydrogen (secondary N) is 1. The number of aromatic nitrogens is 1. The average Bonchev–Trinajstić information content (AvgIpc) is 3.55. The first-order chi connectivity index (χ1) is 17.1. The van der Waals surface area contributed by atoms with Crippen molar-refractivity contribution in [3.8, 4) is 5.75 Å². The predicted molar refractivity (Wildman–Crippen MR) is 133 cm³/mol. The number of para-hydroxylation sites is 1. The van der Waals surface area contributed by atoms with Gasteiger partial charge < -0.3 is 19.5 Å². The molecule has 1 unspecified atom stereocenters. The lowest BCUT2D eigenvalue weighted by Gasteiger charge is -2.13. The van der Waals surface area contributed by atoms with Crippen LogP contribution in [0.3, 0.4) is 0 Å². The van der Waals surface area contributed by atoms with Crippen molar-refractivity contribution in [2.75, 3.05) is 26.9 Å². The van der Waals surface area contributed by atoms with Crippen LogP contribution in [0.25, 0.3) is 22.6 Å². The van der Waals surface area contributed by atoms with Gasteiger partial charge in [-0.05, 0) is 66.7 Å². The summed E-state index contributed by atoms with van der Waals surface area (Å²) in [4.78, 5) is 30.4. The zero-order chi connectivity index (χ0) is 24.2. The number of pyridine rings is 1. The van der Waals surface area contributed by atoms with E-state index in [0.29, 0.717) is 18.5 Å². The molecular formula is C28H28N2O5. The number of benzene rings is 2. The summed E-state index contributed by atoms with van der Waals surface area (Å²) in [5, 5.41) is 3.53. The minimum absolute atomic E-state index is 0.0398. The highest BCUT2D eigenvalue weighted by Gasteiger charge is 2.28. The number of rotatable bonds is 7. The molecular weight excluding hydrogens is 444 g/mol. The molecule has 35 heavy (non-hydrogen) atoms. The molecule has 1 aromatic heterocycles. The third kappa shape index (κ3) is 5.05. The third-order valence-electron chi connectivity index (χ3n) is 6.49. The largest absolute Gasteiger partial charge is 0.497 e. The minimum Gasteiger partial charge on any atom is -0.497 e. The smallest absolute Gasteiger partial charge is 0.339 e. The number of nitrogens with zero attached hydrogens (tertiary/aromatic N) is 1. The Morgan fingerprint density at radius 3 is 2.74 bits per heavy atom. The topological polar surface area (TPSA) is 86.8 Å². The molecule has 7 heteroatoms. The van der Waals surface area contributed by atoms with Crippen LogP contribution in [-0.2, 0) is 20.7 Å². The molecule has 1 N–H and O–H groups in total. The molecule has 2 aromatic carbocycles. The molecule has 0 saturated carbocycles. The van der Waals surface area contributed by atoms with Gasteiger partial charge in [0.2, 0.25) is 0 Å². The van der Waals surface area contributed by atoms with Gasteiger partial charge in [-0.2, -0.15) is 0 Å². The molecule has 1 atom stereocenters. The molecule has 2 aliphatic rings. The Labute approximate surface area is 204 Å². The van der Waals surface area contributed by atoms with E-state index in [1.54, 1.807) is 7.11 Å². The molecule has 1 aliphatic carbocycles. The van der Waals surface area contributed by atoms with Gasteiger partial charge in [0.05, 0.1) is 30.0 Å². The Morgan fingerprint density at radius 2 is 1.97 bits per heavy atom. The van der Waals surface area contributed by atoms with Crippen LogP contribution in [0.4, 0.5) is 0 Å². The summed E-state index contributed by atoms with van der Waals surface area (Å²) in [5.41, 5.74) is 5.01. The van der Waals surface area contributed by atoms with Crippen LogP contribution in [0, 0.1) is 0 Å². The Bertz CT molecular complexity index is 1280. The summed E-state index contributed by atoms with van der Waals surface area (Å²) in [7, 11) is 1.64. The average molecular weight is 473 g/mol. The second kappa shape index (κ2) is 10.3. The van der Waals surface area contributed by atoms with Crippen molar-refractivity contribution >= 4 is 34.4 Å². The first-order valence-corrected chi connectivity index (χ1v) is 11.9. The van der Waals surface area contributed by atoms with Crippen LogP contribution in [-0.4, -0.2) is 49.8 Å². The van der Waals surface area contributed by atoms with Crippen molar-refractivity contribution in [1.29, 1.82) is 0 Å². The molecule has 1 amide bonds. The summed E-state index contributed by atoms with van der Waals surface area (Å²) in [6.45, 7) is 0.833. The van der Waals surface area contributed by atoms with E-state index in [0.717, 1.165) is 64.9 Å². The lowest BCUT2D eigenvalue weighted by atomic mass is 10.0. The molecule has 5 rings (SSSR count). The summed E-state index contributed by atoms with van der Waals surface area (Å²) in [6.07, 6.45) is 5.53. The number of hydrogen-bond acceptors (Lipinski definition) is 6.